The molecule has 0 aromatic rings. The van der Waals surface area contributed by atoms with E-state index in [4.69, 9.17) is 24.3 Å². The summed E-state index contributed by atoms with van der Waals surface area (Å²) in [5, 5.41) is 0. The summed E-state index contributed by atoms with van der Waals surface area (Å²) in [7, 11) is -4.30. The number of esters is 1. The zero-order chi connectivity index (χ0) is 38.1. The molecular weight excluding hydrogens is 673 g/mol. The molecule has 0 rings (SSSR count). The lowest BCUT2D eigenvalue weighted by Crippen LogP contribution is -2.28. The molecule has 0 aliphatic rings. The second kappa shape index (κ2) is 39.6. The molecule has 0 saturated carbocycles. The van der Waals surface area contributed by atoms with Crippen LogP contribution in [0.2, 0.25) is 0 Å². The Bertz CT molecular complexity index is 1110. The molecule has 296 valence electrons. The summed E-state index contributed by atoms with van der Waals surface area (Å²) in [6.07, 6.45) is 51.6. The van der Waals surface area contributed by atoms with E-state index in [9.17, 15) is 14.3 Å². The fraction of sp³-hybridized carbons (Fsp3) is 0.605. The van der Waals surface area contributed by atoms with Crippen LogP contribution in [0.4, 0.5) is 0 Å². The molecule has 52 heavy (non-hydrogen) atoms. The number of carbonyl (C=O) groups is 1. The average Bonchev–Trinajstić information content (AvgIpc) is 3.13. The van der Waals surface area contributed by atoms with Gasteiger partial charge in [-0.1, -0.05) is 143 Å². The van der Waals surface area contributed by atoms with Gasteiger partial charge in [0.15, 0.2) is 0 Å². The summed E-state index contributed by atoms with van der Waals surface area (Å²) in [4.78, 5) is 22.4. The van der Waals surface area contributed by atoms with Gasteiger partial charge in [0.2, 0.25) is 0 Å². The van der Waals surface area contributed by atoms with Gasteiger partial charge in [0, 0.05) is 13.0 Å². The molecule has 0 bridgehead atoms. The van der Waals surface area contributed by atoms with Crippen LogP contribution in [0.3, 0.4) is 0 Å². The van der Waals surface area contributed by atoms with E-state index in [1.54, 1.807) is 0 Å². The zero-order valence-corrected chi connectivity index (χ0v) is 33.4. The van der Waals surface area contributed by atoms with Crippen LogP contribution in [0.1, 0.15) is 129 Å². The summed E-state index contributed by atoms with van der Waals surface area (Å²) >= 11 is 0. The van der Waals surface area contributed by atoms with Gasteiger partial charge in [0.1, 0.15) is 6.10 Å². The molecule has 0 amide bonds. The van der Waals surface area contributed by atoms with E-state index in [1.165, 1.54) is 19.3 Å². The van der Waals surface area contributed by atoms with Crippen molar-refractivity contribution in [1.82, 2.24) is 0 Å². The number of hydrogen-bond acceptors (Lipinski definition) is 7. The average molecular weight is 746 g/mol. The van der Waals surface area contributed by atoms with Gasteiger partial charge >= 0.3 is 13.8 Å². The molecule has 0 spiro atoms. The van der Waals surface area contributed by atoms with Crippen molar-refractivity contribution >= 4 is 13.8 Å². The van der Waals surface area contributed by atoms with E-state index in [-0.39, 0.29) is 38.8 Å². The first kappa shape index (κ1) is 49.4. The third kappa shape index (κ3) is 38.6. The fourth-order valence-electron chi connectivity index (χ4n) is 4.72. The van der Waals surface area contributed by atoms with Crippen molar-refractivity contribution in [3.8, 4) is 0 Å². The molecule has 9 heteroatoms. The lowest BCUT2D eigenvalue weighted by atomic mass is 10.1. The van der Waals surface area contributed by atoms with Gasteiger partial charge in [-0.2, -0.15) is 0 Å². The van der Waals surface area contributed by atoms with E-state index in [1.807, 2.05) is 6.08 Å². The van der Waals surface area contributed by atoms with Gasteiger partial charge in [-0.05, 0) is 77.0 Å². The van der Waals surface area contributed by atoms with Crippen LogP contribution in [0.25, 0.3) is 0 Å². The summed E-state index contributed by atoms with van der Waals surface area (Å²) < 4.78 is 33.2. The number of unbranched alkanes of at least 4 members (excludes halogenated alkanes) is 7. The number of hydrogen-bond donors (Lipinski definition) is 2. The first-order chi connectivity index (χ1) is 25.4. The predicted molar refractivity (Wildman–Crippen MR) is 219 cm³/mol. The Balaban J connectivity index is 4.24. The van der Waals surface area contributed by atoms with Crippen LogP contribution in [0.15, 0.2) is 97.2 Å². The van der Waals surface area contributed by atoms with Gasteiger partial charge in [0.25, 0.3) is 0 Å². The number of allylic oxidation sites excluding steroid dienone is 15. The molecule has 0 aliphatic carbocycles. The van der Waals surface area contributed by atoms with E-state index in [0.717, 1.165) is 83.5 Å². The molecule has 0 aliphatic heterocycles. The minimum Gasteiger partial charge on any atom is -0.457 e. The lowest BCUT2D eigenvalue weighted by Gasteiger charge is -2.19. The van der Waals surface area contributed by atoms with Gasteiger partial charge in [0.05, 0.1) is 26.4 Å². The normalized spacial score (nSPS) is 14.6. The SMILES string of the molecule is CC/C=C\C/C=C\C/C=C\C/C=C\C/C=C\CCOCC(COP(=O)(O)OCCN)OC(=O)CCCCCCCCC/C=C\C/C=C\C/C=C\CC. The van der Waals surface area contributed by atoms with Crippen molar-refractivity contribution in [3.63, 3.8) is 0 Å². The van der Waals surface area contributed by atoms with E-state index in [2.05, 4.69) is 105 Å². The monoisotopic (exact) mass is 746 g/mol. The lowest BCUT2D eigenvalue weighted by molar-refractivity contribution is -0.154. The van der Waals surface area contributed by atoms with Crippen molar-refractivity contribution in [2.75, 3.05) is 33.0 Å². The Morgan fingerprint density at radius 3 is 1.52 bits per heavy atom. The molecule has 0 aromatic carbocycles. The minimum absolute atomic E-state index is 0.0515. The van der Waals surface area contributed by atoms with Gasteiger partial charge in [-0.3, -0.25) is 13.8 Å². The standard InChI is InChI=1S/C43H72NO7P/c1-3-5-7-9-11-13-15-17-19-21-22-24-26-28-30-32-34-36-43(45)51-42(41-50-52(46,47)49-39-37-44)40-48-38-35-33-31-29-27-25-23-20-18-16-14-12-10-8-6-4-2/h5-8,11-14,17-20,25,27,31,33,42H,3-4,9-10,15-16,21-24,26,28-30,32,34-41,44H2,1-2H3,(H,46,47)/b7-5-,8-6-,13-11-,14-12-,19-17-,20-18-,27-25-,33-31-. The van der Waals surface area contributed by atoms with Gasteiger partial charge in [-0.15, -0.1) is 0 Å². The zero-order valence-electron chi connectivity index (χ0n) is 32.5. The maximum atomic E-state index is 12.5. The predicted octanol–water partition coefficient (Wildman–Crippen LogP) is 11.5. The van der Waals surface area contributed by atoms with Crippen LogP contribution in [-0.2, 0) is 27.9 Å². The Morgan fingerprint density at radius 1 is 0.577 bits per heavy atom. The molecule has 0 radical (unpaired) electrons. The highest BCUT2D eigenvalue weighted by Crippen LogP contribution is 2.43. The van der Waals surface area contributed by atoms with E-state index < -0.39 is 13.9 Å². The van der Waals surface area contributed by atoms with Gasteiger partial charge < -0.3 is 20.1 Å². The minimum atomic E-state index is -4.30. The van der Waals surface area contributed by atoms with Crippen molar-refractivity contribution in [3.05, 3.63) is 97.2 Å². The highest BCUT2D eigenvalue weighted by atomic mass is 31.2. The quantitative estimate of drug-likeness (QED) is 0.0282. The first-order valence-electron chi connectivity index (χ1n) is 19.7. The van der Waals surface area contributed by atoms with Crippen molar-refractivity contribution in [2.45, 2.75) is 136 Å². The maximum absolute atomic E-state index is 12.5. The van der Waals surface area contributed by atoms with Crippen molar-refractivity contribution in [1.29, 1.82) is 0 Å². The highest BCUT2D eigenvalue weighted by Gasteiger charge is 2.25. The van der Waals surface area contributed by atoms with Gasteiger partial charge in [-0.25, -0.2) is 4.57 Å². The van der Waals surface area contributed by atoms with Crippen molar-refractivity contribution in [2.24, 2.45) is 5.73 Å². The number of nitrogens with two attached hydrogens (primary N) is 1. The first-order valence-corrected chi connectivity index (χ1v) is 21.2. The molecule has 0 aromatic heterocycles. The second-order valence-corrected chi connectivity index (χ2v) is 13.8. The third-order valence-corrected chi connectivity index (χ3v) is 8.50. The fourth-order valence-corrected chi connectivity index (χ4v) is 5.49. The summed E-state index contributed by atoms with van der Waals surface area (Å²) in [6.45, 7) is 4.41. The molecular formula is C43H72NO7P. The van der Waals surface area contributed by atoms with Crippen LogP contribution < -0.4 is 5.73 Å². The number of rotatable bonds is 36. The van der Waals surface area contributed by atoms with E-state index in [0.29, 0.717) is 13.0 Å². The molecule has 0 saturated heterocycles. The van der Waals surface area contributed by atoms with Crippen LogP contribution in [0, 0.1) is 0 Å². The Morgan fingerprint density at radius 2 is 1.02 bits per heavy atom. The van der Waals surface area contributed by atoms with Crippen LogP contribution in [-0.4, -0.2) is 49.9 Å². The van der Waals surface area contributed by atoms with E-state index >= 15 is 0 Å². The molecule has 3 N–H and O–H groups in total. The Kier molecular flexibility index (Phi) is 37.7. The van der Waals surface area contributed by atoms with Crippen LogP contribution >= 0.6 is 7.82 Å². The maximum Gasteiger partial charge on any atom is 0.472 e. The summed E-state index contributed by atoms with van der Waals surface area (Å²) in [5.74, 6) is -0.371. The molecule has 2 unspecified atom stereocenters. The molecule has 2 atom stereocenters. The Hall–Kier alpha value is -2.58. The Labute approximate surface area is 317 Å². The molecule has 0 fully saturated rings. The molecule has 8 nitrogen and oxygen atoms in total. The molecule has 0 heterocycles. The number of phosphoric ester groups is 1. The largest absolute Gasteiger partial charge is 0.472 e. The summed E-state index contributed by atoms with van der Waals surface area (Å²) in [6, 6.07) is 0. The number of phosphoric acid groups is 1. The van der Waals surface area contributed by atoms with Crippen molar-refractivity contribution < 1.29 is 32.8 Å². The number of ether oxygens (including phenoxy) is 2. The number of carbonyl (C=O) groups excluding carboxylic acids is 1. The van der Waals surface area contributed by atoms with Crippen LogP contribution in [0.5, 0.6) is 0 Å². The summed E-state index contributed by atoms with van der Waals surface area (Å²) in [5.41, 5.74) is 5.35. The highest BCUT2D eigenvalue weighted by molar-refractivity contribution is 7.47. The third-order valence-electron chi connectivity index (χ3n) is 7.52. The smallest absolute Gasteiger partial charge is 0.457 e. The second-order valence-electron chi connectivity index (χ2n) is 12.4. The topological polar surface area (TPSA) is 117 Å².